The molecular formula is C13H17F3N2S. The van der Waals surface area contributed by atoms with E-state index in [-0.39, 0.29) is 10.6 Å². The van der Waals surface area contributed by atoms with Gasteiger partial charge in [-0.25, -0.2) is 0 Å². The molecule has 0 aliphatic carbocycles. The number of nitrogens with two attached hydrogens (primary N) is 1. The molecule has 1 aromatic rings. The second kappa shape index (κ2) is 6.34. The average molecular weight is 290 g/mol. The van der Waals surface area contributed by atoms with Crippen LogP contribution in [-0.4, -0.2) is 23.0 Å². The molecule has 0 saturated carbocycles. The van der Waals surface area contributed by atoms with Crippen molar-refractivity contribution in [2.24, 2.45) is 5.73 Å². The standard InChI is InChI=1S/C13H17F3N2S/c1-3-18(4-2)11(12(17)19)9-7-5-6-8-10(9)13(14,15)16/h5-8,11H,3-4H2,1-2H3,(H2,17,19). The lowest BCUT2D eigenvalue weighted by atomic mass is 9.98. The molecule has 1 unspecified atom stereocenters. The molecule has 1 rings (SSSR count). The minimum absolute atomic E-state index is 0.0559. The third-order valence-electron chi connectivity index (χ3n) is 3.01. The summed E-state index contributed by atoms with van der Waals surface area (Å²) in [6.45, 7) is 4.88. The molecule has 0 aliphatic heterocycles. The summed E-state index contributed by atoms with van der Waals surface area (Å²) in [7, 11) is 0. The summed E-state index contributed by atoms with van der Waals surface area (Å²) < 4.78 is 39.1. The third-order valence-corrected chi connectivity index (χ3v) is 3.23. The molecule has 0 aliphatic rings. The van der Waals surface area contributed by atoms with Crippen molar-refractivity contribution in [3.63, 3.8) is 0 Å². The number of rotatable bonds is 5. The second-order valence-electron chi connectivity index (χ2n) is 4.11. The first-order valence-electron chi connectivity index (χ1n) is 6.02. The summed E-state index contributed by atoms with van der Waals surface area (Å²) in [5.41, 5.74) is 5.09. The number of alkyl halides is 3. The maximum Gasteiger partial charge on any atom is 0.416 e. The van der Waals surface area contributed by atoms with Crippen LogP contribution in [0.25, 0.3) is 0 Å². The van der Waals surface area contributed by atoms with Crippen LogP contribution < -0.4 is 5.73 Å². The van der Waals surface area contributed by atoms with Crippen molar-refractivity contribution in [3.05, 3.63) is 35.4 Å². The normalized spacial score (nSPS) is 13.6. The molecule has 0 aromatic heterocycles. The van der Waals surface area contributed by atoms with Crippen molar-refractivity contribution in [1.29, 1.82) is 0 Å². The van der Waals surface area contributed by atoms with E-state index in [4.69, 9.17) is 18.0 Å². The molecule has 0 heterocycles. The van der Waals surface area contributed by atoms with Crippen LogP contribution >= 0.6 is 12.2 Å². The van der Waals surface area contributed by atoms with Crippen molar-refractivity contribution in [2.45, 2.75) is 26.1 Å². The van der Waals surface area contributed by atoms with Crippen molar-refractivity contribution in [1.82, 2.24) is 4.90 Å². The molecule has 0 amide bonds. The monoisotopic (exact) mass is 290 g/mol. The Morgan fingerprint density at radius 1 is 1.26 bits per heavy atom. The molecule has 0 saturated heterocycles. The lowest BCUT2D eigenvalue weighted by Gasteiger charge is -2.30. The summed E-state index contributed by atoms with van der Waals surface area (Å²) in [5, 5.41) is 0. The first kappa shape index (κ1) is 15.9. The molecule has 106 valence electrons. The van der Waals surface area contributed by atoms with Crippen LogP contribution in [0.5, 0.6) is 0 Å². The third kappa shape index (κ3) is 3.67. The summed E-state index contributed by atoms with van der Waals surface area (Å²) in [4.78, 5) is 1.87. The summed E-state index contributed by atoms with van der Waals surface area (Å²) in [6.07, 6.45) is -4.41. The number of hydrogen-bond acceptors (Lipinski definition) is 2. The zero-order chi connectivity index (χ0) is 14.6. The van der Waals surface area contributed by atoms with Crippen LogP contribution in [0.15, 0.2) is 24.3 Å². The zero-order valence-electron chi connectivity index (χ0n) is 10.9. The van der Waals surface area contributed by atoms with E-state index < -0.39 is 17.8 Å². The van der Waals surface area contributed by atoms with E-state index in [9.17, 15) is 13.2 Å². The lowest BCUT2D eigenvalue weighted by Crippen LogP contribution is -2.37. The zero-order valence-corrected chi connectivity index (χ0v) is 11.7. The van der Waals surface area contributed by atoms with Gasteiger partial charge in [0.25, 0.3) is 0 Å². The second-order valence-corrected chi connectivity index (χ2v) is 4.58. The molecule has 19 heavy (non-hydrogen) atoms. The van der Waals surface area contributed by atoms with Crippen LogP contribution in [0.2, 0.25) is 0 Å². The Labute approximate surface area is 116 Å². The Bertz CT molecular complexity index is 442. The highest BCUT2D eigenvalue weighted by Crippen LogP contribution is 2.36. The van der Waals surface area contributed by atoms with Crippen molar-refractivity contribution < 1.29 is 13.2 Å². The SMILES string of the molecule is CCN(CC)C(C(N)=S)c1ccccc1C(F)(F)F. The van der Waals surface area contributed by atoms with E-state index in [1.165, 1.54) is 12.1 Å². The maximum atomic E-state index is 13.0. The molecule has 6 heteroatoms. The number of halogens is 3. The van der Waals surface area contributed by atoms with Crippen molar-refractivity contribution >= 4 is 17.2 Å². The Morgan fingerprint density at radius 2 is 1.79 bits per heavy atom. The highest BCUT2D eigenvalue weighted by Gasteiger charge is 2.36. The largest absolute Gasteiger partial charge is 0.416 e. The maximum absolute atomic E-state index is 13.0. The number of hydrogen-bond donors (Lipinski definition) is 1. The van der Waals surface area contributed by atoms with Gasteiger partial charge >= 0.3 is 6.18 Å². The molecular weight excluding hydrogens is 273 g/mol. The van der Waals surface area contributed by atoms with E-state index in [0.29, 0.717) is 13.1 Å². The summed E-state index contributed by atoms with van der Waals surface area (Å²) >= 11 is 4.96. The van der Waals surface area contributed by atoms with Gasteiger partial charge in [-0.3, -0.25) is 4.90 Å². The van der Waals surface area contributed by atoms with Gasteiger partial charge < -0.3 is 5.73 Å². The van der Waals surface area contributed by atoms with Crippen LogP contribution in [-0.2, 0) is 6.18 Å². The Morgan fingerprint density at radius 3 is 2.21 bits per heavy atom. The van der Waals surface area contributed by atoms with E-state index in [2.05, 4.69) is 0 Å². The minimum Gasteiger partial charge on any atom is -0.392 e. The molecule has 0 bridgehead atoms. The number of thiocarbonyl (C=S) groups is 1. The van der Waals surface area contributed by atoms with Crippen LogP contribution in [0.3, 0.4) is 0 Å². The van der Waals surface area contributed by atoms with Gasteiger partial charge in [0.15, 0.2) is 0 Å². The Kier molecular flexibility index (Phi) is 5.31. The highest BCUT2D eigenvalue weighted by atomic mass is 32.1. The van der Waals surface area contributed by atoms with Crippen LogP contribution in [0.4, 0.5) is 13.2 Å². The molecule has 0 radical (unpaired) electrons. The van der Waals surface area contributed by atoms with E-state index in [1.54, 1.807) is 6.07 Å². The smallest absolute Gasteiger partial charge is 0.392 e. The topological polar surface area (TPSA) is 29.3 Å². The summed E-state index contributed by atoms with van der Waals surface area (Å²) in [6, 6.07) is 4.74. The first-order chi connectivity index (χ1) is 8.82. The van der Waals surface area contributed by atoms with Gasteiger partial charge in [0, 0.05) is 0 Å². The number of nitrogens with zero attached hydrogens (tertiary/aromatic N) is 1. The fourth-order valence-electron chi connectivity index (χ4n) is 2.11. The Balaban J connectivity index is 3.35. The summed E-state index contributed by atoms with van der Waals surface area (Å²) in [5.74, 6) is 0. The van der Waals surface area contributed by atoms with E-state index in [1.807, 2.05) is 18.7 Å². The van der Waals surface area contributed by atoms with Gasteiger partial charge in [0.2, 0.25) is 0 Å². The first-order valence-corrected chi connectivity index (χ1v) is 6.43. The van der Waals surface area contributed by atoms with Crippen LogP contribution in [0.1, 0.15) is 31.0 Å². The van der Waals surface area contributed by atoms with Crippen molar-refractivity contribution in [2.75, 3.05) is 13.1 Å². The molecule has 0 spiro atoms. The van der Waals surface area contributed by atoms with Gasteiger partial charge in [-0.1, -0.05) is 44.3 Å². The van der Waals surface area contributed by atoms with Gasteiger partial charge in [0.05, 0.1) is 16.6 Å². The van der Waals surface area contributed by atoms with Gasteiger partial charge in [-0.15, -0.1) is 0 Å². The number of benzene rings is 1. The molecule has 2 N–H and O–H groups in total. The predicted octanol–water partition coefficient (Wildman–Crippen LogP) is 3.37. The highest BCUT2D eigenvalue weighted by molar-refractivity contribution is 7.80. The fraction of sp³-hybridized carbons (Fsp3) is 0.462. The van der Waals surface area contributed by atoms with Crippen molar-refractivity contribution in [3.8, 4) is 0 Å². The minimum atomic E-state index is -4.41. The molecule has 1 atom stereocenters. The van der Waals surface area contributed by atoms with Gasteiger partial charge in [-0.2, -0.15) is 13.2 Å². The van der Waals surface area contributed by atoms with E-state index >= 15 is 0 Å². The molecule has 0 fully saturated rings. The predicted molar refractivity (Wildman–Crippen MR) is 73.9 cm³/mol. The number of likely N-dealkylation sites (N-methyl/N-ethyl adjacent to an activating group) is 1. The average Bonchev–Trinajstić information content (AvgIpc) is 2.34. The lowest BCUT2D eigenvalue weighted by molar-refractivity contribution is -0.138. The molecule has 1 aromatic carbocycles. The Hall–Kier alpha value is -1.14. The van der Waals surface area contributed by atoms with Crippen LogP contribution in [0, 0.1) is 0 Å². The van der Waals surface area contributed by atoms with Gasteiger partial charge in [-0.05, 0) is 24.7 Å². The molecule has 2 nitrogen and oxygen atoms in total. The van der Waals surface area contributed by atoms with Gasteiger partial charge in [0.1, 0.15) is 0 Å². The van der Waals surface area contributed by atoms with E-state index in [0.717, 1.165) is 6.07 Å². The quantitative estimate of drug-likeness (QED) is 0.843. The fourth-order valence-corrected chi connectivity index (χ4v) is 2.39.